The van der Waals surface area contributed by atoms with Crippen LogP contribution in [-0.4, -0.2) is 24.5 Å². The van der Waals surface area contributed by atoms with Gasteiger partial charge in [0.15, 0.2) is 0 Å². The van der Waals surface area contributed by atoms with Gasteiger partial charge in [-0.2, -0.15) is 0 Å². The van der Waals surface area contributed by atoms with Gasteiger partial charge in [0.05, 0.1) is 26.9 Å². The number of nitrogens with one attached hydrogen (secondary N) is 1. The standard InChI is InChI=1S/C21H19ClN2O5S/c1-13-9-15(21(25)26)10-20(14(13)2)30(27,28)24-16-6-7-19(18(22)11-16)29-12-17-5-3-4-8-23-17/h3-11,24H,12H2,1-2H3,(H,25,26). The van der Waals surface area contributed by atoms with Gasteiger partial charge in [-0.3, -0.25) is 9.71 Å². The van der Waals surface area contributed by atoms with Gasteiger partial charge in [-0.05, 0) is 67.4 Å². The predicted octanol–water partition coefficient (Wildman–Crippen LogP) is 4.43. The molecule has 0 atom stereocenters. The maximum Gasteiger partial charge on any atom is 0.335 e. The summed E-state index contributed by atoms with van der Waals surface area (Å²) in [6.45, 7) is 3.49. The first-order valence-electron chi connectivity index (χ1n) is 8.87. The summed E-state index contributed by atoms with van der Waals surface area (Å²) in [7, 11) is -4.03. The summed E-state index contributed by atoms with van der Waals surface area (Å²) < 4.78 is 33.8. The summed E-state index contributed by atoms with van der Waals surface area (Å²) in [6, 6.07) is 12.5. The van der Waals surface area contributed by atoms with Crippen molar-refractivity contribution in [2.45, 2.75) is 25.3 Å². The lowest BCUT2D eigenvalue weighted by Gasteiger charge is -2.14. The summed E-state index contributed by atoms with van der Waals surface area (Å²) >= 11 is 6.24. The molecule has 30 heavy (non-hydrogen) atoms. The number of rotatable bonds is 7. The number of nitrogens with zero attached hydrogens (tertiary/aromatic N) is 1. The number of aromatic nitrogens is 1. The zero-order valence-corrected chi connectivity index (χ0v) is 17.8. The molecule has 2 aromatic carbocycles. The maximum atomic E-state index is 12.9. The van der Waals surface area contributed by atoms with Gasteiger partial charge in [-0.15, -0.1) is 0 Å². The van der Waals surface area contributed by atoms with E-state index in [0.29, 0.717) is 16.9 Å². The van der Waals surface area contributed by atoms with Crippen LogP contribution in [0, 0.1) is 13.8 Å². The van der Waals surface area contributed by atoms with E-state index in [1.54, 1.807) is 32.2 Å². The number of hydrogen-bond acceptors (Lipinski definition) is 5. The zero-order valence-electron chi connectivity index (χ0n) is 16.2. The average molecular weight is 447 g/mol. The van der Waals surface area contributed by atoms with Crippen molar-refractivity contribution >= 4 is 33.3 Å². The largest absolute Gasteiger partial charge is 0.486 e. The van der Waals surface area contributed by atoms with Gasteiger partial charge in [0, 0.05) is 6.20 Å². The first-order chi connectivity index (χ1) is 14.2. The minimum Gasteiger partial charge on any atom is -0.486 e. The molecule has 0 bridgehead atoms. The van der Waals surface area contributed by atoms with Crippen LogP contribution in [0.4, 0.5) is 5.69 Å². The SMILES string of the molecule is Cc1cc(C(=O)O)cc(S(=O)(=O)Nc2ccc(OCc3ccccn3)c(Cl)c2)c1C. The Labute approximate surface area is 179 Å². The molecule has 0 radical (unpaired) electrons. The minimum atomic E-state index is -4.03. The maximum absolute atomic E-state index is 12.9. The van der Waals surface area contributed by atoms with Crippen molar-refractivity contribution in [1.29, 1.82) is 0 Å². The summed E-state index contributed by atoms with van der Waals surface area (Å²) in [5.74, 6) is -0.822. The van der Waals surface area contributed by atoms with E-state index in [4.69, 9.17) is 16.3 Å². The van der Waals surface area contributed by atoms with Crippen LogP contribution in [0.15, 0.2) is 59.6 Å². The third-order valence-electron chi connectivity index (χ3n) is 4.44. The normalized spacial score (nSPS) is 11.2. The Bertz CT molecular complexity index is 1200. The van der Waals surface area contributed by atoms with E-state index in [9.17, 15) is 18.3 Å². The number of pyridine rings is 1. The number of aryl methyl sites for hydroxylation is 1. The van der Waals surface area contributed by atoms with Crippen molar-refractivity contribution in [1.82, 2.24) is 4.98 Å². The highest BCUT2D eigenvalue weighted by molar-refractivity contribution is 7.92. The zero-order chi connectivity index (χ0) is 21.9. The number of carboxylic acids is 1. The molecule has 156 valence electrons. The number of sulfonamides is 1. The van der Waals surface area contributed by atoms with Gasteiger partial charge in [0.2, 0.25) is 0 Å². The van der Waals surface area contributed by atoms with Crippen molar-refractivity contribution in [3.05, 3.63) is 82.1 Å². The van der Waals surface area contributed by atoms with Crippen LogP contribution in [0.1, 0.15) is 27.2 Å². The van der Waals surface area contributed by atoms with Crippen LogP contribution in [0.5, 0.6) is 5.75 Å². The molecule has 3 aromatic rings. The molecule has 0 aliphatic rings. The van der Waals surface area contributed by atoms with Crippen LogP contribution in [-0.2, 0) is 16.6 Å². The quantitative estimate of drug-likeness (QED) is 0.556. The molecular weight excluding hydrogens is 428 g/mol. The van der Waals surface area contributed by atoms with Gasteiger partial charge in [0.1, 0.15) is 12.4 Å². The van der Waals surface area contributed by atoms with Crippen molar-refractivity contribution in [2.24, 2.45) is 0 Å². The Morgan fingerprint density at radius 3 is 2.57 bits per heavy atom. The fourth-order valence-corrected chi connectivity index (χ4v) is 4.38. The van der Waals surface area contributed by atoms with E-state index in [-0.39, 0.29) is 27.8 Å². The second-order valence-corrected chi connectivity index (χ2v) is 8.64. The fourth-order valence-electron chi connectivity index (χ4n) is 2.76. The number of aromatic carboxylic acids is 1. The second-order valence-electron chi connectivity index (χ2n) is 6.58. The lowest BCUT2D eigenvalue weighted by molar-refractivity contribution is 0.0696. The van der Waals surface area contributed by atoms with E-state index >= 15 is 0 Å². The minimum absolute atomic E-state index is 0.102. The smallest absolute Gasteiger partial charge is 0.335 e. The number of carboxylic acid groups (broad SMARTS) is 1. The van der Waals surface area contributed by atoms with Gasteiger partial charge in [-0.1, -0.05) is 17.7 Å². The van der Waals surface area contributed by atoms with Gasteiger partial charge < -0.3 is 9.84 Å². The molecule has 9 heteroatoms. The van der Waals surface area contributed by atoms with E-state index in [2.05, 4.69) is 9.71 Å². The number of ether oxygens (including phenoxy) is 1. The van der Waals surface area contributed by atoms with E-state index < -0.39 is 16.0 Å². The second kappa shape index (κ2) is 8.73. The molecule has 0 unspecified atom stereocenters. The highest BCUT2D eigenvalue weighted by atomic mass is 35.5. The lowest BCUT2D eigenvalue weighted by Crippen LogP contribution is -2.16. The van der Waals surface area contributed by atoms with Crippen LogP contribution in [0.2, 0.25) is 5.02 Å². The molecule has 0 saturated carbocycles. The molecule has 0 fully saturated rings. The van der Waals surface area contributed by atoms with Crippen molar-refractivity contribution < 1.29 is 23.1 Å². The molecule has 0 aliphatic carbocycles. The van der Waals surface area contributed by atoms with Crippen LogP contribution < -0.4 is 9.46 Å². The molecule has 0 amide bonds. The Balaban J connectivity index is 1.82. The van der Waals surface area contributed by atoms with Crippen molar-refractivity contribution in [3.8, 4) is 5.75 Å². The Hall–Kier alpha value is -3.10. The molecule has 3 rings (SSSR count). The van der Waals surface area contributed by atoms with Gasteiger partial charge in [-0.25, -0.2) is 13.2 Å². The summed E-state index contributed by atoms with van der Waals surface area (Å²) in [5, 5.41) is 9.45. The molecule has 1 aromatic heterocycles. The van der Waals surface area contributed by atoms with Gasteiger partial charge in [0.25, 0.3) is 10.0 Å². The molecule has 0 spiro atoms. The number of hydrogen-bond donors (Lipinski definition) is 2. The molecule has 7 nitrogen and oxygen atoms in total. The van der Waals surface area contributed by atoms with E-state index in [0.717, 1.165) is 11.8 Å². The molecule has 2 N–H and O–H groups in total. The first-order valence-corrected chi connectivity index (χ1v) is 10.7. The Morgan fingerprint density at radius 1 is 1.17 bits per heavy atom. The summed E-state index contributed by atoms with van der Waals surface area (Å²) in [4.78, 5) is 15.3. The summed E-state index contributed by atoms with van der Waals surface area (Å²) in [6.07, 6.45) is 1.65. The van der Waals surface area contributed by atoms with Crippen LogP contribution in [0.3, 0.4) is 0 Å². The van der Waals surface area contributed by atoms with Crippen molar-refractivity contribution in [3.63, 3.8) is 0 Å². The van der Waals surface area contributed by atoms with E-state index in [1.807, 2.05) is 12.1 Å². The predicted molar refractivity (Wildman–Crippen MR) is 114 cm³/mol. The Morgan fingerprint density at radius 2 is 1.93 bits per heavy atom. The number of halogens is 1. The Kier molecular flexibility index (Phi) is 6.28. The average Bonchev–Trinajstić information content (AvgIpc) is 2.69. The fraction of sp³-hybridized carbons (Fsp3) is 0.143. The highest BCUT2D eigenvalue weighted by Crippen LogP contribution is 2.30. The third kappa shape index (κ3) is 4.90. The third-order valence-corrected chi connectivity index (χ3v) is 6.24. The monoisotopic (exact) mass is 446 g/mol. The molecular formula is C21H19ClN2O5S. The number of benzene rings is 2. The first kappa shape index (κ1) is 21.6. The molecule has 0 aliphatic heterocycles. The van der Waals surface area contributed by atoms with Crippen LogP contribution >= 0.6 is 11.6 Å². The van der Waals surface area contributed by atoms with E-state index in [1.165, 1.54) is 18.2 Å². The molecule has 0 saturated heterocycles. The lowest BCUT2D eigenvalue weighted by atomic mass is 10.1. The van der Waals surface area contributed by atoms with Crippen LogP contribution in [0.25, 0.3) is 0 Å². The topological polar surface area (TPSA) is 106 Å². The summed E-state index contributed by atoms with van der Waals surface area (Å²) in [5.41, 5.74) is 1.88. The highest BCUT2D eigenvalue weighted by Gasteiger charge is 2.21. The van der Waals surface area contributed by atoms with Crippen molar-refractivity contribution in [2.75, 3.05) is 4.72 Å². The number of carbonyl (C=O) groups is 1. The number of anilines is 1. The van der Waals surface area contributed by atoms with Gasteiger partial charge >= 0.3 is 5.97 Å². The molecule has 1 heterocycles.